The monoisotopic (exact) mass is 495 g/mol. The maximum absolute atomic E-state index is 12.2. The van der Waals surface area contributed by atoms with Gasteiger partial charge in [0.2, 0.25) is 5.91 Å². The summed E-state index contributed by atoms with van der Waals surface area (Å²) in [4.78, 5) is 18.9. The van der Waals surface area contributed by atoms with E-state index in [9.17, 15) is 4.79 Å². The summed E-state index contributed by atoms with van der Waals surface area (Å²) in [5, 5.41) is 7.46. The molecule has 2 atom stereocenters. The molecule has 0 aliphatic carbocycles. The van der Waals surface area contributed by atoms with Crippen LogP contribution in [0.1, 0.15) is 55.5 Å². The van der Waals surface area contributed by atoms with Crippen LogP contribution in [0.4, 0.5) is 11.4 Å². The fourth-order valence-electron chi connectivity index (χ4n) is 4.60. The van der Waals surface area contributed by atoms with Crippen LogP contribution in [0.2, 0.25) is 5.02 Å². The van der Waals surface area contributed by atoms with Gasteiger partial charge in [-0.05, 0) is 75.0 Å². The predicted molar refractivity (Wildman–Crippen MR) is 142 cm³/mol. The minimum absolute atomic E-state index is 0.0758. The van der Waals surface area contributed by atoms with E-state index in [1.165, 1.54) is 17.0 Å². The minimum atomic E-state index is -0.136. The van der Waals surface area contributed by atoms with Gasteiger partial charge in [-0.1, -0.05) is 31.5 Å². The maximum atomic E-state index is 12.2. The number of rotatable bonds is 6. The Labute approximate surface area is 211 Å². The summed E-state index contributed by atoms with van der Waals surface area (Å²) in [6.45, 7) is 11.0. The van der Waals surface area contributed by atoms with Gasteiger partial charge in [0.1, 0.15) is 0 Å². The van der Waals surface area contributed by atoms with Gasteiger partial charge in [-0.3, -0.25) is 9.78 Å². The molecule has 3 heterocycles. The number of thiocarbonyl (C=S) groups is 1. The van der Waals surface area contributed by atoms with Crippen LogP contribution in [0, 0.1) is 19.8 Å². The van der Waals surface area contributed by atoms with Crippen LogP contribution in [0.5, 0.6) is 0 Å². The van der Waals surface area contributed by atoms with Crippen molar-refractivity contribution in [1.82, 2.24) is 14.9 Å². The number of amides is 1. The fourth-order valence-corrected chi connectivity index (χ4v) is 5.16. The summed E-state index contributed by atoms with van der Waals surface area (Å²) in [6, 6.07) is 13.6. The van der Waals surface area contributed by atoms with E-state index in [-0.39, 0.29) is 23.9 Å². The smallest absolute Gasteiger partial charge is 0.226 e. The first-order valence-electron chi connectivity index (χ1n) is 11.5. The predicted octanol–water partition coefficient (Wildman–Crippen LogP) is 5.94. The average molecular weight is 496 g/mol. The van der Waals surface area contributed by atoms with Crippen molar-refractivity contribution < 1.29 is 4.79 Å². The molecule has 0 saturated carbocycles. The van der Waals surface area contributed by atoms with Crippen LogP contribution in [-0.4, -0.2) is 20.6 Å². The lowest BCUT2D eigenvalue weighted by Crippen LogP contribution is -2.29. The minimum Gasteiger partial charge on any atom is -0.351 e. The third kappa shape index (κ3) is 4.42. The fraction of sp³-hybridized carbons (Fsp3) is 0.346. The van der Waals surface area contributed by atoms with Gasteiger partial charge in [-0.25, -0.2) is 0 Å². The normalized spacial score (nSPS) is 17.9. The number of carbonyl (C=O) groups is 1. The zero-order chi connectivity index (χ0) is 24.6. The summed E-state index contributed by atoms with van der Waals surface area (Å²) in [7, 11) is 0. The van der Waals surface area contributed by atoms with Crippen LogP contribution in [0.3, 0.4) is 0 Å². The van der Waals surface area contributed by atoms with Gasteiger partial charge in [-0.2, -0.15) is 0 Å². The van der Waals surface area contributed by atoms with Crippen LogP contribution in [0.15, 0.2) is 48.7 Å². The highest BCUT2D eigenvalue weighted by Gasteiger charge is 2.42. The Bertz CT molecular complexity index is 1220. The second-order valence-corrected chi connectivity index (χ2v) is 9.67. The Morgan fingerprint density at radius 2 is 2.00 bits per heavy atom. The van der Waals surface area contributed by atoms with E-state index in [4.69, 9.17) is 23.8 Å². The first kappa shape index (κ1) is 24.2. The number of halogens is 1. The number of hydrogen-bond donors (Lipinski definition) is 2. The molecule has 2 N–H and O–H groups in total. The molecule has 4 rings (SSSR count). The third-order valence-corrected chi connectivity index (χ3v) is 6.99. The number of nitrogens with zero attached hydrogens (tertiary/aromatic N) is 3. The van der Waals surface area contributed by atoms with Gasteiger partial charge >= 0.3 is 0 Å². The van der Waals surface area contributed by atoms with Crippen molar-refractivity contribution in [2.24, 2.45) is 5.92 Å². The van der Waals surface area contributed by atoms with Crippen molar-refractivity contribution in [3.63, 3.8) is 0 Å². The van der Waals surface area contributed by atoms with Crippen LogP contribution >= 0.6 is 23.8 Å². The number of aryl methyl sites for hydroxylation is 1. The van der Waals surface area contributed by atoms with Gasteiger partial charge in [-0.15, -0.1) is 0 Å². The molecular weight excluding hydrogens is 466 g/mol. The molecular formula is C26H30ClN5OS. The lowest BCUT2D eigenvalue weighted by molar-refractivity contribution is -0.118. The molecule has 2 aromatic heterocycles. The lowest BCUT2D eigenvalue weighted by Gasteiger charge is -2.28. The molecule has 1 amide bonds. The van der Waals surface area contributed by atoms with E-state index < -0.39 is 0 Å². The Morgan fingerprint density at radius 3 is 2.59 bits per heavy atom. The summed E-state index contributed by atoms with van der Waals surface area (Å²) in [5.41, 5.74) is 5.96. The average Bonchev–Trinajstić information content (AvgIpc) is 3.30. The van der Waals surface area contributed by atoms with Crippen molar-refractivity contribution in [1.29, 1.82) is 0 Å². The Balaban J connectivity index is 1.80. The van der Waals surface area contributed by atoms with Crippen LogP contribution in [0.25, 0.3) is 0 Å². The number of nitrogens with one attached hydrogen (secondary N) is 2. The number of carbonyl (C=O) groups excluding carboxylic acids is 1. The molecule has 0 radical (unpaired) electrons. The molecule has 0 bridgehead atoms. The first-order valence-corrected chi connectivity index (χ1v) is 12.3. The molecule has 0 unspecified atom stereocenters. The molecule has 3 aromatic rings. The van der Waals surface area contributed by atoms with Gasteiger partial charge in [0.15, 0.2) is 5.11 Å². The Hall–Kier alpha value is -2.90. The van der Waals surface area contributed by atoms with Crippen molar-refractivity contribution in [3.05, 3.63) is 76.3 Å². The maximum Gasteiger partial charge on any atom is 0.226 e. The Morgan fingerprint density at radius 1 is 1.24 bits per heavy atom. The summed E-state index contributed by atoms with van der Waals surface area (Å²) < 4.78 is 2.31. The number of anilines is 2. The van der Waals surface area contributed by atoms with Gasteiger partial charge in [0.05, 0.1) is 28.5 Å². The van der Waals surface area contributed by atoms with Crippen molar-refractivity contribution in [3.8, 4) is 0 Å². The zero-order valence-corrected chi connectivity index (χ0v) is 21.7. The van der Waals surface area contributed by atoms with E-state index in [1.807, 2.05) is 50.2 Å². The van der Waals surface area contributed by atoms with E-state index in [2.05, 4.69) is 51.9 Å². The standard InChI is InChI=1S/C26H30ClN5OS/c1-6-31-16(4)13-19(17(31)5)24-23(22-9-7-8-12-28-22)30-26(34)32(24)18-10-11-21(20(27)14-18)29-25(33)15(2)3/h7-15,23-24H,6H2,1-5H3,(H,29,33)(H,30,34)/t23-,24-/m0/s1. The Kier molecular flexibility index (Phi) is 6.96. The summed E-state index contributed by atoms with van der Waals surface area (Å²) in [5.74, 6) is -0.212. The highest BCUT2D eigenvalue weighted by atomic mass is 35.5. The molecule has 178 valence electrons. The largest absolute Gasteiger partial charge is 0.351 e. The van der Waals surface area contributed by atoms with Crippen LogP contribution in [-0.2, 0) is 11.3 Å². The summed E-state index contributed by atoms with van der Waals surface area (Å²) in [6.07, 6.45) is 1.80. The molecule has 1 saturated heterocycles. The second kappa shape index (κ2) is 9.76. The molecule has 1 aliphatic rings. The lowest BCUT2D eigenvalue weighted by atomic mass is 9.96. The topological polar surface area (TPSA) is 62.2 Å². The van der Waals surface area contributed by atoms with Crippen molar-refractivity contribution in [2.45, 2.75) is 53.2 Å². The van der Waals surface area contributed by atoms with E-state index in [0.717, 1.165) is 17.9 Å². The third-order valence-electron chi connectivity index (χ3n) is 6.36. The highest BCUT2D eigenvalue weighted by Crippen LogP contribution is 2.44. The molecule has 34 heavy (non-hydrogen) atoms. The van der Waals surface area contributed by atoms with E-state index in [0.29, 0.717) is 15.8 Å². The van der Waals surface area contributed by atoms with Crippen LogP contribution < -0.4 is 15.5 Å². The molecule has 1 aromatic carbocycles. The van der Waals surface area contributed by atoms with Gasteiger partial charge < -0.3 is 20.1 Å². The van der Waals surface area contributed by atoms with E-state index in [1.54, 1.807) is 6.20 Å². The number of aromatic nitrogens is 2. The van der Waals surface area contributed by atoms with Gasteiger partial charge in [0.25, 0.3) is 0 Å². The summed E-state index contributed by atoms with van der Waals surface area (Å²) >= 11 is 12.4. The first-order chi connectivity index (χ1) is 16.2. The number of hydrogen-bond acceptors (Lipinski definition) is 3. The number of pyridine rings is 1. The van der Waals surface area contributed by atoms with E-state index >= 15 is 0 Å². The highest BCUT2D eigenvalue weighted by molar-refractivity contribution is 7.80. The molecule has 0 spiro atoms. The molecule has 6 nitrogen and oxygen atoms in total. The van der Waals surface area contributed by atoms with Crippen molar-refractivity contribution >= 4 is 46.2 Å². The molecule has 1 fully saturated rings. The van der Waals surface area contributed by atoms with Crippen molar-refractivity contribution in [2.75, 3.05) is 10.2 Å². The second-order valence-electron chi connectivity index (χ2n) is 8.88. The zero-order valence-electron chi connectivity index (χ0n) is 20.1. The SMILES string of the molecule is CCn1c(C)cc([C@H]2[C@H](c3ccccn3)NC(=S)N2c2ccc(NC(=O)C(C)C)c(Cl)c2)c1C. The van der Waals surface area contributed by atoms with Gasteiger partial charge in [0, 0.05) is 35.7 Å². The molecule has 1 aliphatic heterocycles. The quantitative estimate of drug-likeness (QED) is 0.414. The molecule has 8 heteroatoms. The number of benzene rings is 1.